The van der Waals surface area contributed by atoms with Crippen molar-refractivity contribution in [3.8, 4) is 0 Å². The van der Waals surface area contributed by atoms with Gasteiger partial charge in [-0.25, -0.2) is 4.98 Å². The number of amides is 2. The van der Waals surface area contributed by atoms with Gasteiger partial charge in [-0.15, -0.1) is 21.5 Å². The average Bonchev–Trinajstić information content (AvgIpc) is 3.39. The van der Waals surface area contributed by atoms with Gasteiger partial charge in [0, 0.05) is 22.7 Å². The molecule has 1 aliphatic rings. The minimum absolute atomic E-state index is 0.0649. The molecule has 0 bridgehead atoms. The third kappa shape index (κ3) is 4.39. The molecule has 34 heavy (non-hydrogen) atoms. The van der Waals surface area contributed by atoms with Gasteiger partial charge in [0.05, 0.1) is 11.1 Å². The summed E-state index contributed by atoms with van der Waals surface area (Å²) in [4.78, 5) is 31.5. The molecule has 0 saturated heterocycles. The molecule has 1 aromatic carbocycles. The van der Waals surface area contributed by atoms with Gasteiger partial charge in [0.15, 0.2) is 10.8 Å². The zero-order valence-corrected chi connectivity index (χ0v) is 21.0. The van der Waals surface area contributed by atoms with Crippen molar-refractivity contribution in [3.63, 3.8) is 0 Å². The van der Waals surface area contributed by atoms with Gasteiger partial charge in [0.1, 0.15) is 11.2 Å². The highest BCUT2D eigenvalue weighted by Crippen LogP contribution is 2.39. The lowest BCUT2D eigenvalue weighted by Crippen LogP contribution is -2.15. The summed E-state index contributed by atoms with van der Waals surface area (Å²) in [5, 5.41) is 16.3. The third-order valence-corrected chi connectivity index (χ3v) is 8.23. The standard InChI is InChI=1S/C24H26N6O2S2/c1-4-19(31)27-17-10-15(7-6-14(17)3)26-20(32)11-33-24-29-28-22-21-16-8-5-13(2)9-18(16)34-23(21)25-12-30(22)24/h6-7,10,12-13H,4-5,8-9,11H2,1-3H3,(H,26,32)(H,27,31)/t13-/m0/s1. The van der Waals surface area contributed by atoms with Crippen LogP contribution in [0.25, 0.3) is 15.9 Å². The maximum absolute atomic E-state index is 12.6. The number of nitrogens with one attached hydrogen (secondary N) is 2. The Kier molecular flexibility index (Phi) is 6.26. The van der Waals surface area contributed by atoms with Crippen LogP contribution in [0.3, 0.4) is 0 Å². The maximum Gasteiger partial charge on any atom is 0.234 e. The first kappa shape index (κ1) is 22.8. The summed E-state index contributed by atoms with van der Waals surface area (Å²) in [6.07, 6.45) is 5.48. The number of carbonyl (C=O) groups excluding carboxylic acids is 2. The zero-order valence-electron chi connectivity index (χ0n) is 19.3. The molecule has 0 spiro atoms. The molecule has 1 atom stereocenters. The summed E-state index contributed by atoms with van der Waals surface area (Å²) in [7, 11) is 0. The van der Waals surface area contributed by atoms with Gasteiger partial charge in [-0.05, 0) is 55.4 Å². The lowest BCUT2D eigenvalue weighted by Gasteiger charge is -2.17. The molecule has 2 amide bonds. The smallest absolute Gasteiger partial charge is 0.234 e. The van der Waals surface area contributed by atoms with Crippen molar-refractivity contribution in [2.45, 2.75) is 51.6 Å². The number of rotatable bonds is 6. The van der Waals surface area contributed by atoms with Crippen LogP contribution in [-0.4, -0.2) is 37.1 Å². The van der Waals surface area contributed by atoms with E-state index in [-0.39, 0.29) is 17.6 Å². The molecule has 5 rings (SSSR count). The molecule has 176 valence electrons. The Morgan fingerprint density at radius 1 is 1.24 bits per heavy atom. The van der Waals surface area contributed by atoms with E-state index in [0.29, 0.717) is 28.9 Å². The lowest BCUT2D eigenvalue weighted by molar-refractivity contribution is -0.116. The third-order valence-electron chi connectivity index (χ3n) is 6.12. The predicted molar refractivity (Wildman–Crippen MR) is 137 cm³/mol. The number of benzene rings is 1. The molecule has 3 heterocycles. The highest BCUT2D eigenvalue weighted by Gasteiger charge is 2.24. The van der Waals surface area contributed by atoms with Crippen molar-refractivity contribution in [1.29, 1.82) is 0 Å². The number of thioether (sulfide) groups is 1. The summed E-state index contributed by atoms with van der Waals surface area (Å²) < 4.78 is 1.88. The largest absolute Gasteiger partial charge is 0.326 e. The molecule has 4 aromatic rings. The maximum atomic E-state index is 12.6. The number of aromatic nitrogens is 4. The SMILES string of the molecule is CCC(=O)Nc1cc(NC(=O)CSc2nnc3c4c5c(sc4ncn23)C[C@@H](C)CC5)ccc1C. The zero-order chi connectivity index (χ0) is 23.8. The summed E-state index contributed by atoms with van der Waals surface area (Å²) in [6.45, 7) is 6.01. The van der Waals surface area contributed by atoms with Crippen LogP contribution in [0.15, 0.2) is 29.7 Å². The highest BCUT2D eigenvalue weighted by molar-refractivity contribution is 7.99. The average molecular weight is 495 g/mol. The van der Waals surface area contributed by atoms with Crippen molar-refractivity contribution < 1.29 is 9.59 Å². The van der Waals surface area contributed by atoms with E-state index in [2.05, 4.69) is 32.7 Å². The molecular weight excluding hydrogens is 468 g/mol. The molecule has 0 radical (unpaired) electrons. The van der Waals surface area contributed by atoms with Crippen molar-refractivity contribution in [3.05, 3.63) is 40.5 Å². The van der Waals surface area contributed by atoms with Crippen molar-refractivity contribution in [2.24, 2.45) is 5.92 Å². The number of thiophene rings is 1. The van der Waals surface area contributed by atoms with Gasteiger partial charge in [0.25, 0.3) is 0 Å². The number of fused-ring (bicyclic) bond motifs is 5. The van der Waals surface area contributed by atoms with Crippen LogP contribution in [0.2, 0.25) is 0 Å². The van der Waals surface area contributed by atoms with Crippen molar-refractivity contribution in [1.82, 2.24) is 19.6 Å². The molecule has 10 heteroatoms. The first-order valence-electron chi connectivity index (χ1n) is 11.4. The molecule has 8 nitrogen and oxygen atoms in total. The van der Waals surface area contributed by atoms with Crippen molar-refractivity contribution >= 4 is 62.2 Å². The Morgan fingerprint density at radius 2 is 2.09 bits per heavy atom. The van der Waals surface area contributed by atoms with Crippen LogP contribution in [0.4, 0.5) is 11.4 Å². The summed E-state index contributed by atoms with van der Waals surface area (Å²) >= 11 is 3.09. The molecular formula is C24H26N6O2S2. The van der Waals surface area contributed by atoms with Crippen molar-refractivity contribution in [2.75, 3.05) is 16.4 Å². The fourth-order valence-electron chi connectivity index (χ4n) is 4.22. The van der Waals surface area contributed by atoms with E-state index in [1.165, 1.54) is 28.6 Å². The minimum Gasteiger partial charge on any atom is -0.326 e. The summed E-state index contributed by atoms with van der Waals surface area (Å²) in [6, 6.07) is 5.48. The molecule has 3 aromatic heterocycles. The Labute approximate surface area is 205 Å². The predicted octanol–water partition coefficient (Wildman–Crippen LogP) is 4.85. The number of anilines is 2. The fraction of sp³-hybridized carbons (Fsp3) is 0.375. The Hall–Kier alpha value is -2.98. The first-order chi connectivity index (χ1) is 16.4. The number of aryl methyl sites for hydroxylation is 2. The van der Waals surface area contributed by atoms with Crippen LogP contribution in [-0.2, 0) is 22.4 Å². The van der Waals surface area contributed by atoms with Crippen LogP contribution in [0.5, 0.6) is 0 Å². The van der Waals surface area contributed by atoms with E-state index < -0.39 is 0 Å². The minimum atomic E-state index is -0.158. The van der Waals surface area contributed by atoms with Gasteiger partial charge in [-0.1, -0.05) is 31.7 Å². The van der Waals surface area contributed by atoms with Crippen LogP contribution < -0.4 is 10.6 Å². The Bertz CT molecular complexity index is 1410. The van der Waals surface area contributed by atoms with E-state index in [1.807, 2.05) is 23.5 Å². The molecule has 0 unspecified atom stereocenters. The number of hydrogen-bond acceptors (Lipinski definition) is 7. The summed E-state index contributed by atoms with van der Waals surface area (Å²) in [5.74, 6) is 0.661. The number of hydrogen-bond donors (Lipinski definition) is 2. The highest BCUT2D eigenvalue weighted by atomic mass is 32.2. The van der Waals surface area contributed by atoms with Gasteiger partial charge in [-0.2, -0.15) is 0 Å². The van der Waals surface area contributed by atoms with Crippen LogP contribution >= 0.6 is 23.1 Å². The fourth-order valence-corrected chi connectivity index (χ4v) is 6.27. The van der Waals surface area contributed by atoms with E-state index in [0.717, 1.165) is 34.3 Å². The van der Waals surface area contributed by atoms with E-state index in [4.69, 9.17) is 0 Å². The number of carbonyl (C=O) groups is 2. The molecule has 0 saturated carbocycles. The molecule has 0 fully saturated rings. The van der Waals surface area contributed by atoms with E-state index >= 15 is 0 Å². The Balaban J connectivity index is 1.31. The van der Waals surface area contributed by atoms with E-state index in [9.17, 15) is 9.59 Å². The van der Waals surface area contributed by atoms with Gasteiger partial charge in [-0.3, -0.25) is 14.0 Å². The van der Waals surface area contributed by atoms with Gasteiger partial charge in [0.2, 0.25) is 11.8 Å². The quantitative estimate of drug-likeness (QED) is 0.372. The van der Waals surface area contributed by atoms with Gasteiger partial charge >= 0.3 is 0 Å². The van der Waals surface area contributed by atoms with Gasteiger partial charge < -0.3 is 10.6 Å². The second-order valence-corrected chi connectivity index (χ2v) is 10.7. The second-order valence-electron chi connectivity index (χ2n) is 8.72. The monoisotopic (exact) mass is 494 g/mol. The topological polar surface area (TPSA) is 101 Å². The molecule has 2 N–H and O–H groups in total. The summed E-state index contributed by atoms with van der Waals surface area (Å²) in [5.41, 5.74) is 4.45. The molecule has 1 aliphatic carbocycles. The number of nitrogens with zero attached hydrogens (tertiary/aromatic N) is 4. The van der Waals surface area contributed by atoms with E-state index in [1.54, 1.807) is 30.7 Å². The lowest BCUT2D eigenvalue weighted by atomic mass is 9.89. The Morgan fingerprint density at radius 3 is 2.91 bits per heavy atom. The van der Waals surface area contributed by atoms with Crippen LogP contribution in [0, 0.1) is 12.8 Å². The first-order valence-corrected chi connectivity index (χ1v) is 13.2. The molecule has 0 aliphatic heterocycles. The normalized spacial score (nSPS) is 15.4. The second kappa shape index (κ2) is 9.34. The van der Waals surface area contributed by atoms with Crippen LogP contribution in [0.1, 0.15) is 42.7 Å².